The number of hydrogen-bond acceptors (Lipinski definition) is 6. The molecule has 0 aromatic heterocycles. The molecule has 7 heteroatoms. The summed E-state index contributed by atoms with van der Waals surface area (Å²) in [7, 11) is 1.47. The van der Waals surface area contributed by atoms with Crippen LogP contribution in [0.25, 0.3) is 0 Å². The number of ether oxygens (including phenoxy) is 3. The van der Waals surface area contributed by atoms with E-state index < -0.39 is 24.0 Å². The fourth-order valence-electron chi connectivity index (χ4n) is 1.91. The number of amides is 1. The number of methoxy groups -OCH3 is 1. The Hall–Kier alpha value is -2.75. The number of esters is 1. The molecule has 1 aromatic carbocycles. The van der Waals surface area contributed by atoms with E-state index >= 15 is 0 Å². The standard InChI is InChI=1S/C18H24N2O5/c1-6-24-14-8-7-13(9-15(14)23-5)17(22)25-10-16(21)20-18(4,11-19)12(2)3/h7-9,12H,6,10H2,1-5H3,(H,20,21)/t18-/m1/s1. The molecular weight excluding hydrogens is 324 g/mol. The Kier molecular flexibility index (Phi) is 7.24. The molecule has 0 spiro atoms. The van der Waals surface area contributed by atoms with Gasteiger partial charge in [0.05, 0.1) is 25.3 Å². The Morgan fingerprint density at radius 1 is 1.32 bits per heavy atom. The number of rotatable bonds is 8. The van der Waals surface area contributed by atoms with Crippen LogP contribution >= 0.6 is 0 Å². The molecule has 25 heavy (non-hydrogen) atoms. The predicted octanol–water partition coefficient (Wildman–Crippen LogP) is 2.31. The zero-order chi connectivity index (χ0) is 19.0. The molecule has 0 aliphatic rings. The van der Waals surface area contributed by atoms with E-state index in [1.54, 1.807) is 13.0 Å². The fourth-order valence-corrected chi connectivity index (χ4v) is 1.91. The SMILES string of the molecule is CCOc1ccc(C(=O)OCC(=O)N[C@](C)(C#N)C(C)C)cc1OC. The Balaban J connectivity index is 2.71. The van der Waals surface area contributed by atoms with Gasteiger partial charge in [-0.05, 0) is 38.0 Å². The minimum absolute atomic E-state index is 0.0903. The Labute approximate surface area is 147 Å². The second-order valence-electron chi connectivity index (χ2n) is 5.89. The summed E-state index contributed by atoms with van der Waals surface area (Å²) in [6, 6.07) is 6.67. The van der Waals surface area contributed by atoms with Crippen LogP contribution in [0.4, 0.5) is 0 Å². The van der Waals surface area contributed by atoms with E-state index in [2.05, 4.69) is 11.4 Å². The van der Waals surface area contributed by atoms with Gasteiger partial charge in [0.1, 0.15) is 5.54 Å². The van der Waals surface area contributed by atoms with Crippen LogP contribution in [0.15, 0.2) is 18.2 Å². The molecule has 0 aliphatic heterocycles. The first-order valence-corrected chi connectivity index (χ1v) is 7.97. The molecule has 0 bridgehead atoms. The molecule has 136 valence electrons. The first kappa shape index (κ1) is 20.3. The third-order valence-electron chi connectivity index (χ3n) is 3.82. The summed E-state index contributed by atoms with van der Waals surface area (Å²) >= 11 is 0. The molecule has 0 aliphatic carbocycles. The van der Waals surface area contributed by atoms with Crippen molar-refractivity contribution < 1.29 is 23.8 Å². The van der Waals surface area contributed by atoms with E-state index in [1.807, 2.05) is 20.8 Å². The van der Waals surface area contributed by atoms with Gasteiger partial charge < -0.3 is 19.5 Å². The first-order valence-electron chi connectivity index (χ1n) is 7.97. The maximum absolute atomic E-state index is 12.1. The number of nitriles is 1. The molecule has 0 unspecified atom stereocenters. The van der Waals surface area contributed by atoms with Gasteiger partial charge in [0, 0.05) is 0 Å². The van der Waals surface area contributed by atoms with Crippen molar-refractivity contribution in [2.24, 2.45) is 5.92 Å². The second kappa shape index (κ2) is 8.92. The molecule has 1 aromatic rings. The molecule has 0 saturated carbocycles. The summed E-state index contributed by atoms with van der Waals surface area (Å²) in [5.74, 6) is -0.380. The Bertz CT molecular complexity index is 666. The maximum Gasteiger partial charge on any atom is 0.338 e. The predicted molar refractivity (Wildman–Crippen MR) is 91.4 cm³/mol. The summed E-state index contributed by atoms with van der Waals surface area (Å²) in [5, 5.41) is 11.8. The van der Waals surface area contributed by atoms with Crippen molar-refractivity contribution in [1.82, 2.24) is 5.32 Å². The Morgan fingerprint density at radius 2 is 2.00 bits per heavy atom. The van der Waals surface area contributed by atoms with Gasteiger partial charge in [-0.15, -0.1) is 0 Å². The van der Waals surface area contributed by atoms with E-state index in [-0.39, 0.29) is 11.5 Å². The van der Waals surface area contributed by atoms with Gasteiger partial charge in [-0.3, -0.25) is 4.79 Å². The topological polar surface area (TPSA) is 97.6 Å². The number of carbonyl (C=O) groups is 2. The highest BCUT2D eigenvalue weighted by Gasteiger charge is 2.30. The van der Waals surface area contributed by atoms with Gasteiger partial charge >= 0.3 is 5.97 Å². The summed E-state index contributed by atoms with van der Waals surface area (Å²) in [6.45, 7) is 7.09. The average molecular weight is 348 g/mol. The van der Waals surface area contributed by atoms with Crippen molar-refractivity contribution in [2.75, 3.05) is 20.3 Å². The van der Waals surface area contributed by atoms with E-state index in [4.69, 9.17) is 14.2 Å². The molecule has 0 heterocycles. The number of nitrogens with zero attached hydrogens (tertiary/aromatic N) is 1. The molecule has 0 radical (unpaired) electrons. The third kappa shape index (κ3) is 5.38. The highest BCUT2D eigenvalue weighted by Crippen LogP contribution is 2.28. The van der Waals surface area contributed by atoms with Crippen LogP contribution < -0.4 is 14.8 Å². The lowest BCUT2D eigenvalue weighted by Gasteiger charge is -2.27. The lowest BCUT2D eigenvalue weighted by molar-refractivity contribution is -0.125. The molecule has 0 fully saturated rings. The van der Waals surface area contributed by atoms with Crippen LogP contribution in [0.5, 0.6) is 11.5 Å². The largest absolute Gasteiger partial charge is 0.493 e. The summed E-state index contributed by atoms with van der Waals surface area (Å²) in [6.07, 6.45) is 0. The minimum atomic E-state index is -1.02. The molecular formula is C18H24N2O5. The zero-order valence-electron chi connectivity index (χ0n) is 15.2. The normalized spacial score (nSPS) is 12.7. The number of carbonyl (C=O) groups excluding carboxylic acids is 2. The van der Waals surface area contributed by atoms with Gasteiger partial charge in [0.25, 0.3) is 5.91 Å². The lowest BCUT2D eigenvalue weighted by Crippen LogP contribution is -2.50. The van der Waals surface area contributed by atoms with Crippen LogP contribution in [0.3, 0.4) is 0 Å². The fraction of sp³-hybridized carbons (Fsp3) is 0.500. The number of nitrogens with one attached hydrogen (secondary N) is 1. The minimum Gasteiger partial charge on any atom is -0.493 e. The highest BCUT2D eigenvalue weighted by atomic mass is 16.5. The van der Waals surface area contributed by atoms with Gasteiger partial charge in [-0.2, -0.15) is 5.26 Å². The van der Waals surface area contributed by atoms with E-state index in [0.717, 1.165) is 0 Å². The maximum atomic E-state index is 12.1. The van der Waals surface area contributed by atoms with Crippen LogP contribution in [0.2, 0.25) is 0 Å². The summed E-state index contributed by atoms with van der Waals surface area (Å²) in [5.41, 5.74) is -0.786. The molecule has 1 N–H and O–H groups in total. The van der Waals surface area contributed by atoms with E-state index in [1.165, 1.54) is 19.2 Å². The molecule has 1 amide bonds. The third-order valence-corrected chi connectivity index (χ3v) is 3.82. The Morgan fingerprint density at radius 3 is 2.52 bits per heavy atom. The van der Waals surface area contributed by atoms with Crippen molar-refractivity contribution in [3.8, 4) is 17.6 Å². The smallest absolute Gasteiger partial charge is 0.338 e. The lowest BCUT2D eigenvalue weighted by atomic mass is 9.90. The van der Waals surface area contributed by atoms with Crippen molar-refractivity contribution in [3.05, 3.63) is 23.8 Å². The van der Waals surface area contributed by atoms with Crippen molar-refractivity contribution in [2.45, 2.75) is 33.2 Å². The van der Waals surface area contributed by atoms with Crippen LogP contribution in [-0.4, -0.2) is 37.7 Å². The molecule has 0 saturated heterocycles. The van der Waals surface area contributed by atoms with E-state index in [0.29, 0.717) is 18.1 Å². The van der Waals surface area contributed by atoms with Crippen LogP contribution in [0.1, 0.15) is 38.1 Å². The van der Waals surface area contributed by atoms with E-state index in [9.17, 15) is 14.9 Å². The summed E-state index contributed by atoms with van der Waals surface area (Å²) in [4.78, 5) is 24.0. The number of benzene rings is 1. The van der Waals surface area contributed by atoms with Crippen molar-refractivity contribution in [3.63, 3.8) is 0 Å². The van der Waals surface area contributed by atoms with Crippen molar-refractivity contribution >= 4 is 11.9 Å². The molecule has 1 atom stereocenters. The summed E-state index contributed by atoms with van der Waals surface area (Å²) < 4.78 is 15.6. The van der Waals surface area contributed by atoms with Crippen LogP contribution in [-0.2, 0) is 9.53 Å². The molecule has 7 nitrogen and oxygen atoms in total. The quantitative estimate of drug-likeness (QED) is 0.724. The van der Waals surface area contributed by atoms with Crippen molar-refractivity contribution in [1.29, 1.82) is 5.26 Å². The number of hydrogen-bond donors (Lipinski definition) is 1. The highest BCUT2D eigenvalue weighted by molar-refractivity contribution is 5.92. The molecule has 1 rings (SSSR count). The monoisotopic (exact) mass is 348 g/mol. The van der Waals surface area contributed by atoms with Gasteiger partial charge in [0.15, 0.2) is 18.1 Å². The average Bonchev–Trinajstić information content (AvgIpc) is 2.59. The van der Waals surface area contributed by atoms with Gasteiger partial charge in [0.2, 0.25) is 0 Å². The first-order chi connectivity index (χ1) is 11.8. The van der Waals surface area contributed by atoms with Gasteiger partial charge in [-0.1, -0.05) is 13.8 Å². The second-order valence-corrected chi connectivity index (χ2v) is 5.89. The van der Waals surface area contributed by atoms with Gasteiger partial charge in [-0.25, -0.2) is 4.79 Å². The zero-order valence-corrected chi connectivity index (χ0v) is 15.2. The van der Waals surface area contributed by atoms with Crippen LogP contribution in [0, 0.1) is 17.2 Å².